The second-order valence-electron chi connectivity index (χ2n) is 6.33. The summed E-state index contributed by atoms with van der Waals surface area (Å²) in [5.74, 6) is -0.468. The Morgan fingerprint density at radius 3 is 2.73 bits per heavy atom. The van der Waals surface area contributed by atoms with E-state index in [1.54, 1.807) is 19.2 Å². The minimum atomic E-state index is -0.444. The molecule has 0 radical (unpaired) electrons. The van der Waals surface area contributed by atoms with Crippen molar-refractivity contribution < 1.29 is 13.9 Å². The summed E-state index contributed by atoms with van der Waals surface area (Å²) in [6.45, 7) is 2.30. The average molecular weight is 308 g/mol. The van der Waals surface area contributed by atoms with Crippen LogP contribution in [-0.4, -0.2) is 25.1 Å². The lowest BCUT2D eigenvalue weighted by Gasteiger charge is -2.37. The first-order valence-electron chi connectivity index (χ1n) is 7.79. The van der Waals surface area contributed by atoms with Gasteiger partial charge in [-0.2, -0.15) is 0 Å². The fraction of sp³-hybridized carbons (Fsp3) is 0.588. The van der Waals surface area contributed by atoms with Gasteiger partial charge in [0.05, 0.1) is 12.0 Å². The molecule has 1 aliphatic carbocycles. The third-order valence-corrected chi connectivity index (χ3v) is 4.56. The van der Waals surface area contributed by atoms with E-state index in [1.807, 2.05) is 6.92 Å². The molecule has 0 aromatic heterocycles. The van der Waals surface area contributed by atoms with E-state index in [1.165, 1.54) is 12.1 Å². The summed E-state index contributed by atoms with van der Waals surface area (Å²) in [6.07, 6.45) is 3.52. The average Bonchev–Trinajstić information content (AvgIpc) is 2.49. The van der Waals surface area contributed by atoms with Crippen LogP contribution >= 0.6 is 0 Å². The topological polar surface area (TPSA) is 64.3 Å². The molecule has 1 fully saturated rings. The van der Waals surface area contributed by atoms with Crippen molar-refractivity contribution in [3.63, 3.8) is 0 Å². The molecule has 0 aliphatic heterocycles. The SMILES string of the molecule is COC(CNC(=O)C1CCCCC1(C)N)c1ccc(F)cc1. The Labute approximate surface area is 131 Å². The Morgan fingerprint density at radius 1 is 1.45 bits per heavy atom. The monoisotopic (exact) mass is 308 g/mol. The maximum absolute atomic E-state index is 13.0. The summed E-state index contributed by atoms with van der Waals surface area (Å²) in [7, 11) is 1.58. The van der Waals surface area contributed by atoms with Gasteiger partial charge in [-0.25, -0.2) is 4.39 Å². The Kier molecular flexibility index (Phi) is 5.53. The number of nitrogens with one attached hydrogen (secondary N) is 1. The highest BCUT2D eigenvalue weighted by molar-refractivity contribution is 5.80. The lowest BCUT2D eigenvalue weighted by atomic mass is 9.74. The summed E-state index contributed by atoms with van der Waals surface area (Å²) in [5, 5.41) is 2.93. The van der Waals surface area contributed by atoms with E-state index >= 15 is 0 Å². The van der Waals surface area contributed by atoms with E-state index in [4.69, 9.17) is 10.5 Å². The van der Waals surface area contributed by atoms with Crippen LogP contribution < -0.4 is 11.1 Å². The number of carbonyl (C=O) groups is 1. The van der Waals surface area contributed by atoms with Gasteiger partial charge in [0.25, 0.3) is 0 Å². The molecule has 3 unspecified atom stereocenters. The quantitative estimate of drug-likeness (QED) is 0.878. The predicted octanol–water partition coefficient (Wildman–Crippen LogP) is 2.54. The predicted molar refractivity (Wildman–Crippen MR) is 83.7 cm³/mol. The van der Waals surface area contributed by atoms with Gasteiger partial charge in [0, 0.05) is 19.2 Å². The van der Waals surface area contributed by atoms with Crippen molar-refractivity contribution in [2.45, 2.75) is 44.2 Å². The van der Waals surface area contributed by atoms with Crippen LogP contribution in [-0.2, 0) is 9.53 Å². The number of hydrogen-bond acceptors (Lipinski definition) is 3. The molecule has 0 saturated heterocycles. The Bertz CT molecular complexity index is 502. The van der Waals surface area contributed by atoms with Crippen LogP contribution in [0.15, 0.2) is 24.3 Å². The van der Waals surface area contributed by atoms with E-state index in [0.717, 1.165) is 31.2 Å². The van der Waals surface area contributed by atoms with Gasteiger partial charge < -0.3 is 15.8 Å². The largest absolute Gasteiger partial charge is 0.375 e. The summed E-state index contributed by atoms with van der Waals surface area (Å²) in [4.78, 5) is 12.4. The highest BCUT2D eigenvalue weighted by Crippen LogP contribution is 2.31. The zero-order valence-electron chi connectivity index (χ0n) is 13.3. The Morgan fingerprint density at radius 2 is 2.14 bits per heavy atom. The van der Waals surface area contributed by atoms with Crippen molar-refractivity contribution in [1.82, 2.24) is 5.32 Å². The maximum Gasteiger partial charge on any atom is 0.225 e. The molecule has 122 valence electrons. The van der Waals surface area contributed by atoms with Gasteiger partial charge in [-0.05, 0) is 37.5 Å². The Hall–Kier alpha value is -1.46. The molecule has 0 heterocycles. The van der Waals surface area contributed by atoms with Crippen molar-refractivity contribution >= 4 is 5.91 Å². The maximum atomic E-state index is 13.0. The van der Waals surface area contributed by atoms with Gasteiger partial charge in [0.2, 0.25) is 5.91 Å². The minimum Gasteiger partial charge on any atom is -0.375 e. The van der Waals surface area contributed by atoms with Gasteiger partial charge in [0.15, 0.2) is 0 Å². The summed E-state index contributed by atoms with van der Waals surface area (Å²) in [6, 6.07) is 6.12. The molecule has 2 rings (SSSR count). The van der Waals surface area contributed by atoms with Gasteiger partial charge >= 0.3 is 0 Å². The first kappa shape index (κ1) is 16.9. The van der Waals surface area contributed by atoms with E-state index in [0.29, 0.717) is 6.54 Å². The lowest BCUT2D eigenvalue weighted by molar-refractivity contribution is -0.128. The van der Waals surface area contributed by atoms with Gasteiger partial charge in [-0.15, -0.1) is 0 Å². The third kappa shape index (κ3) is 4.05. The molecular weight excluding hydrogens is 283 g/mol. The first-order valence-corrected chi connectivity index (χ1v) is 7.79. The van der Waals surface area contributed by atoms with Crippen molar-refractivity contribution in [2.75, 3.05) is 13.7 Å². The molecular formula is C17H25FN2O2. The molecule has 3 N–H and O–H groups in total. The van der Waals surface area contributed by atoms with Gasteiger partial charge in [-0.1, -0.05) is 25.0 Å². The molecule has 1 aromatic carbocycles. The van der Waals surface area contributed by atoms with E-state index in [9.17, 15) is 9.18 Å². The van der Waals surface area contributed by atoms with Crippen molar-refractivity contribution in [3.05, 3.63) is 35.6 Å². The number of rotatable bonds is 5. The third-order valence-electron chi connectivity index (χ3n) is 4.56. The molecule has 0 spiro atoms. The lowest BCUT2D eigenvalue weighted by Crippen LogP contribution is -2.53. The van der Waals surface area contributed by atoms with Crippen molar-refractivity contribution in [2.24, 2.45) is 11.7 Å². The number of ether oxygens (including phenoxy) is 1. The fourth-order valence-corrected chi connectivity index (χ4v) is 3.12. The van der Waals surface area contributed by atoms with Crippen LogP contribution in [0.1, 0.15) is 44.3 Å². The van der Waals surface area contributed by atoms with Crippen LogP contribution in [0.2, 0.25) is 0 Å². The van der Waals surface area contributed by atoms with Crippen LogP contribution in [0.5, 0.6) is 0 Å². The van der Waals surface area contributed by atoms with E-state index < -0.39 is 5.54 Å². The number of nitrogens with two attached hydrogens (primary N) is 1. The van der Waals surface area contributed by atoms with Gasteiger partial charge in [-0.3, -0.25) is 4.79 Å². The van der Waals surface area contributed by atoms with Crippen LogP contribution in [0.3, 0.4) is 0 Å². The van der Waals surface area contributed by atoms with Crippen LogP contribution in [0.4, 0.5) is 4.39 Å². The summed E-state index contributed by atoms with van der Waals surface area (Å²) < 4.78 is 18.4. The number of benzene rings is 1. The minimum absolute atomic E-state index is 0.0196. The second kappa shape index (κ2) is 7.20. The molecule has 1 aromatic rings. The molecule has 1 aliphatic rings. The number of amides is 1. The van der Waals surface area contributed by atoms with Crippen molar-refractivity contribution in [1.29, 1.82) is 0 Å². The first-order chi connectivity index (χ1) is 10.4. The molecule has 0 bridgehead atoms. The summed E-state index contributed by atoms with van der Waals surface area (Å²) >= 11 is 0. The Balaban J connectivity index is 1.95. The van der Waals surface area contributed by atoms with Crippen LogP contribution in [0.25, 0.3) is 0 Å². The number of hydrogen-bond donors (Lipinski definition) is 2. The van der Waals surface area contributed by atoms with E-state index in [-0.39, 0.29) is 23.7 Å². The zero-order chi connectivity index (χ0) is 16.2. The normalized spacial score (nSPS) is 26.5. The molecule has 1 amide bonds. The van der Waals surface area contributed by atoms with Gasteiger partial charge in [0.1, 0.15) is 5.82 Å². The van der Waals surface area contributed by atoms with Crippen LogP contribution in [0, 0.1) is 11.7 Å². The second-order valence-corrected chi connectivity index (χ2v) is 6.33. The standard InChI is InChI=1S/C17H25FN2O2/c1-17(19)10-4-3-5-14(17)16(21)20-11-15(22-2)12-6-8-13(18)9-7-12/h6-9,14-15H,3-5,10-11,19H2,1-2H3,(H,20,21). The molecule has 5 heteroatoms. The molecule has 22 heavy (non-hydrogen) atoms. The molecule has 4 nitrogen and oxygen atoms in total. The van der Waals surface area contributed by atoms with Crippen molar-refractivity contribution in [3.8, 4) is 0 Å². The number of methoxy groups -OCH3 is 1. The highest BCUT2D eigenvalue weighted by atomic mass is 19.1. The smallest absolute Gasteiger partial charge is 0.225 e. The van der Waals surface area contributed by atoms with E-state index in [2.05, 4.69) is 5.32 Å². The molecule has 3 atom stereocenters. The zero-order valence-corrected chi connectivity index (χ0v) is 13.3. The number of halogens is 1. The highest BCUT2D eigenvalue weighted by Gasteiger charge is 2.37. The summed E-state index contributed by atoms with van der Waals surface area (Å²) in [5.41, 5.74) is 6.65. The number of carbonyl (C=O) groups excluding carboxylic acids is 1. The molecule has 1 saturated carbocycles. The fourth-order valence-electron chi connectivity index (χ4n) is 3.12.